The molecular formula is C19H16FN5. The van der Waals surface area contributed by atoms with Crippen LogP contribution in [0.4, 0.5) is 4.39 Å². The second kappa shape index (κ2) is 6.68. The number of halogens is 1. The van der Waals surface area contributed by atoms with Gasteiger partial charge in [0.15, 0.2) is 5.82 Å². The second-order valence-corrected chi connectivity index (χ2v) is 5.65. The van der Waals surface area contributed by atoms with Gasteiger partial charge in [-0.25, -0.2) is 14.4 Å². The highest BCUT2D eigenvalue weighted by Crippen LogP contribution is 2.24. The van der Waals surface area contributed by atoms with E-state index in [0.29, 0.717) is 23.6 Å². The van der Waals surface area contributed by atoms with Crippen molar-refractivity contribution >= 4 is 5.57 Å². The number of nitrogens with zero attached hydrogens (tertiary/aromatic N) is 4. The normalized spacial score (nSPS) is 13.4. The lowest BCUT2D eigenvalue weighted by Gasteiger charge is -2.12. The summed E-state index contributed by atoms with van der Waals surface area (Å²) < 4.78 is 15.9. The molecule has 4 rings (SSSR count). The predicted octanol–water partition coefficient (Wildman–Crippen LogP) is 3.03. The van der Waals surface area contributed by atoms with Crippen molar-refractivity contribution in [2.45, 2.75) is 6.54 Å². The Morgan fingerprint density at radius 1 is 1.12 bits per heavy atom. The molecule has 0 saturated carbocycles. The van der Waals surface area contributed by atoms with Gasteiger partial charge in [0.2, 0.25) is 0 Å². The molecule has 124 valence electrons. The smallest absolute Gasteiger partial charge is 0.180 e. The van der Waals surface area contributed by atoms with E-state index >= 15 is 0 Å². The summed E-state index contributed by atoms with van der Waals surface area (Å²) in [5.41, 5.74) is 3.11. The first-order chi connectivity index (χ1) is 12.3. The molecule has 1 aromatic carbocycles. The van der Waals surface area contributed by atoms with Crippen LogP contribution in [0, 0.1) is 5.82 Å². The van der Waals surface area contributed by atoms with Crippen molar-refractivity contribution in [1.29, 1.82) is 0 Å². The van der Waals surface area contributed by atoms with Gasteiger partial charge in [-0.3, -0.25) is 4.68 Å². The van der Waals surface area contributed by atoms with Gasteiger partial charge in [-0.15, -0.1) is 0 Å². The fraction of sp³-hybridized carbons (Fsp3) is 0.105. The molecule has 1 aliphatic rings. The van der Waals surface area contributed by atoms with Crippen molar-refractivity contribution in [1.82, 2.24) is 25.1 Å². The topological polar surface area (TPSA) is 55.6 Å². The lowest BCUT2D eigenvalue weighted by atomic mass is 10.1. The quantitative estimate of drug-likeness (QED) is 0.797. The highest BCUT2D eigenvalue weighted by molar-refractivity contribution is 5.74. The van der Waals surface area contributed by atoms with Crippen LogP contribution in [0.3, 0.4) is 0 Å². The van der Waals surface area contributed by atoms with Crippen molar-refractivity contribution in [3.05, 3.63) is 84.2 Å². The van der Waals surface area contributed by atoms with E-state index in [1.165, 1.54) is 6.07 Å². The molecule has 0 unspecified atom stereocenters. The van der Waals surface area contributed by atoms with Crippen LogP contribution in [0.5, 0.6) is 0 Å². The van der Waals surface area contributed by atoms with Crippen molar-refractivity contribution < 1.29 is 4.39 Å². The molecule has 1 N–H and O–H groups in total. The van der Waals surface area contributed by atoms with Crippen LogP contribution < -0.4 is 5.32 Å². The fourth-order valence-electron chi connectivity index (χ4n) is 2.73. The number of nitrogens with one attached hydrogen (secondary N) is 1. The second-order valence-electron chi connectivity index (χ2n) is 5.65. The number of rotatable bonds is 4. The third kappa shape index (κ3) is 3.19. The summed E-state index contributed by atoms with van der Waals surface area (Å²) in [5, 5.41) is 7.80. The summed E-state index contributed by atoms with van der Waals surface area (Å²) in [6, 6.07) is 10.4. The van der Waals surface area contributed by atoms with Crippen LogP contribution in [0.1, 0.15) is 11.3 Å². The third-order valence-electron chi connectivity index (χ3n) is 3.94. The van der Waals surface area contributed by atoms with Crippen LogP contribution >= 0.6 is 0 Å². The molecule has 3 heterocycles. The van der Waals surface area contributed by atoms with Crippen molar-refractivity contribution in [3.8, 4) is 11.5 Å². The van der Waals surface area contributed by atoms with Crippen LogP contribution in [-0.2, 0) is 6.54 Å². The average molecular weight is 333 g/mol. The summed E-state index contributed by atoms with van der Waals surface area (Å²) in [6.45, 7) is 1.12. The van der Waals surface area contributed by atoms with E-state index in [0.717, 1.165) is 17.8 Å². The molecule has 0 amide bonds. The van der Waals surface area contributed by atoms with E-state index in [2.05, 4.69) is 20.4 Å². The molecule has 5 nitrogen and oxygen atoms in total. The zero-order valence-corrected chi connectivity index (χ0v) is 13.4. The van der Waals surface area contributed by atoms with Gasteiger partial charge in [-0.2, -0.15) is 5.10 Å². The van der Waals surface area contributed by atoms with Gasteiger partial charge in [-0.1, -0.05) is 30.4 Å². The first-order valence-corrected chi connectivity index (χ1v) is 8.00. The van der Waals surface area contributed by atoms with Gasteiger partial charge in [-0.05, 0) is 18.2 Å². The largest absolute Gasteiger partial charge is 0.387 e. The minimum absolute atomic E-state index is 0.243. The van der Waals surface area contributed by atoms with Crippen molar-refractivity contribution in [2.24, 2.45) is 0 Å². The summed E-state index contributed by atoms with van der Waals surface area (Å²) in [5.74, 6) is 0.303. The van der Waals surface area contributed by atoms with E-state index in [1.54, 1.807) is 35.3 Å². The maximum Gasteiger partial charge on any atom is 0.180 e. The molecule has 6 heteroatoms. The van der Waals surface area contributed by atoms with Crippen LogP contribution in [0.25, 0.3) is 17.1 Å². The first-order valence-electron chi connectivity index (χ1n) is 8.00. The number of dihydropyridines is 1. The van der Waals surface area contributed by atoms with Crippen molar-refractivity contribution in [2.75, 3.05) is 6.54 Å². The number of hydrogen-bond acceptors (Lipinski definition) is 4. The Bertz CT molecular complexity index is 943. The Kier molecular flexibility index (Phi) is 4.08. The Morgan fingerprint density at radius 3 is 2.72 bits per heavy atom. The van der Waals surface area contributed by atoms with E-state index in [9.17, 15) is 4.39 Å². The SMILES string of the molecule is Fc1ccccc1Cn1nc(-c2ncccn2)cc1C1=CNCC=C1. The first kappa shape index (κ1) is 15.3. The van der Waals surface area contributed by atoms with Gasteiger partial charge in [0.1, 0.15) is 11.5 Å². The molecule has 0 spiro atoms. The van der Waals surface area contributed by atoms with Gasteiger partial charge < -0.3 is 5.32 Å². The lowest BCUT2D eigenvalue weighted by molar-refractivity contribution is 0.583. The molecule has 0 radical (unpaired) electrons. The fourth-order valence-corrected chi connectivity index (χ4v) is 2.73. The Hall–Kier alpha value is -3.28. The average Bonchev–Trinajstić information content (AvgIpc) is 3.09. The summed E-state index contributed by atoms with van der Waals surface area (Å²) >= 11 is 0. The minimum atomic E-state index is -0.243. The molecule has 2 aromatic heterocycles. The molecule has 0 atom stereocenters. The highest BCUT2D eigenvalue weighted by Gasteiger charge is 2.16. The van der Waals surface area contributed by atoms with E-state index in [4.69, 9.17) is 0 Å². The van der Waals surface area contributed by atoms with Gasteiger partial charge in [0.25, 0.3) is 0 Å². The Labute approximate surface area is 144 Å². The molecule has 0 aliphatic carbocycles. The zero-order valence-electron chi connectivity index (χ0n) is 13.4. The highest BCUT2D eigenvalue weighted by atomic mass is 19.1. The third-order valence-corrected chi connectivity index (χ3v) is 3.94. The standard InChI is InChI=1S/C19H16FN5/c20-16-7-2-1-5-15(16)13-25-18(14-6-3-8-21-12-14)11-17(24-25)19-22-9-4-10-23-19/h1-7,9-12,21H,8,13H2. The van der Waals surface area contributed by atoms with Crippen LogP contribution in [-0.4, -0.2) is 26.3 Å². The van der Waals surface area contributed by atoms with Gasteiger partial charge in [0, 0.05) is 36.3 Å². The maximum absolute atomic E-state index is 14.1. The number of hydrogen-bond donors (Lipinski definition) is 1. The molecule has 0 bridgehead atoms. The predicted molar refractivity (Wildman–Crippen MR) is 93.9 cm³/mol. The number of aromatic nitrogens is 4. The van der Waals surface area contributed by atoms with Crippen LogP contribution in [0.15, 0.2) is 67.1 Å². The molecule has 0 saturated heterocycles. The van der Waals surface area contributed by atoms with Crippen LogP contribution in [0.2, 0.25) is 0 Å². The van der Waals surface area contributed by atoms with E-state index < -0.39 is 0 Å². The lowest BCUT2D eigenvalue weighted by Crippen LogP contribution is -2.12. The maximum atomic E-state index is 14.1. The molecule has 3 aromatic rings. The Balaban J connectivity index is 1.78. The summed E-state index contributed by atoms with van der Waals surface area (Å²) in [6.07, 6.45) is 9.36. The van der Waals surface area contributed by atoms with Crippen molar-refractivity contribution in [3.63, 3.8) is 0 Å². The molecule has 0 fully saturated rings. The molecule has 25 heavy (non-hydrogen) atoms. The molecular weight excluding hydrogens is 317 g/mol. The Morgan fingerprint density at radius 2 is 1.96 bits per heavy atom. The van der Waals surface area contributed by atoms with E-state index in [1.807, 2.05) is 30.5 Å². The minimum Gasteiger partial charge on any atom is -0.387 e. The summed E-state index contributed by atoms with van der Waals surface area (Å²) in [4.78, 5) is 8.52. The number of allylic oxidation sites excluding steroid dienone is 2. The monoisotopic (exact) mass is 333 g/mol. The van der Waals surface area contributed by atoms with Gasteiger partial charge >= 0.3 is 0 Å². The van der Waals surface area contributed by atoms with E-state index in [-0.39, 0.29) is 5.82 Å². The summed E-state index contributed by atoms with van der Waals surface area (Å²) in [7, 11) is 0. The van der Waals surface area contributed by atoms with Gasteiger partial charge in [0.05, 0.1) is 12.2 Å². The number of benzene rings is 1. The zero-order chi connectivity index (χ0) is 17.1. The molecule has 1 aliphatic heterocycles.